The molecule has 1 aliphatic rings. The van der Waals surface area contributed by atoms with Gasteiger partial charge in [-0.2, -0.15) is 0 Å². The second-order valence-electron chi connectivity index (χ2n) is 6.11. The van der Waals surface area contributed by atoms with Crippen LogP contribution in [0.25, 0.3) is 11.1 Å². The Morgan fingerprint density at radius 2 is 1.91 bits per heavy atom. The Morgan fingerprint density at radius 1 is 1.17 bits per heavy atom. The van der Waals surface area contributed by atoms with Gasteiger partial charge >= 0.3 is 5.97 Å². The molecule has 2 N–H and O–H groups in total. The number of aliphatic hydroxyl groups is 1. The maximum atomic E-state index is 11.5. The average molecular weight is 311 g/mol. The van der Waals surface area contributed by atoms with Gasteiger partial charge in [0, 0.05) is 12.2 Å². The summed E-state index contributed by atoms with van der Waals surface area (Å²) in [5, 5.41) is 19.0. The lowest BCUT2D eigenvalue weighted by atomic mass is 10.0. The number of aliphatic hydroxyl groups excluding tert-OH is 1. The quantitative estimate of drug-likeness (QED) is 0.909. The molecule has 0 aliphatic carbocycles. The van der Waals surface area contributed by atoms with Gasteiger partial charge in [0.15, 0.2) is 0 Å². The van der Waals surface area contributed by atoms with E-state index in [1.807, 2.05) is 37.3 Å². The summed E-state index contributed by atoms with van der Waals surface area (Å²) in [6.07, 6.45) is 1.95. The van der Waals surface area contributed by atoms with Crippen LogP contribution < -0.4 is 4.90 Å². The second-order valence-corrected chi connectivity index (χ2v) is 6.11. The maximum absolute atomic E-state index is 11.5. The summed E-state index contributed by atoms with van der Waals surface area (Å²) in [7, 11) is 0. The molecule has 120 valence electrons. The molecule has 1 heterocycles. The average Bonchev–Trinajstić information content (AvgIpc) is 3.03. The summed E-state index contributed by atoms with van der Waals surface area (Å²) in [6, 6.07) is 13.6. The highest BCUT2D eigenvalue weighted by Gasteiger charge is 2.25. The van der Waals surface area contributed by atoms with Crippen LogP contribution in [-0.4, -0.2) is 35.4 Å². The van der Waals surface area contributed by atoms with E-state index in [1.54, 1.807) is 12.1 Å². The van der Waals surface area contributed by atoms with Crippen LogP contribution in [-0.2, 0) is 0 Å². The van der Waals surface area contributed by atoms with Gasteiger partial charge in [-0.05, 0) is 49.1 Å². The topological polar surface area (TPSA) is 60.8 Å². The van der Waals surface area contributed by atoms with Gasteiger partial charge in [0.1, 0.15) is 0 Å². The van der Waals surface area contributed by atoms with E-state index in [-0.39, 0.29) is 18.2 Å². The maximum Gasteiger partial charge on any atom is 0.335 e. The third-order valence-electron chi connectivity index (χ3n) is 4.47. The van der Waals surface area contributed by atoms with Crippen molar-refractivity contribution in [3.8, 4) is 11.1 Å². The SMILES string of the molecule is Cc1ccc(-c2cc(C(=O)O)cc(N3CCC[C@H]3CO)c2)cc1. The molecule has 0 unspecified atom stereocenters. The zero-order chi connectivity index (χ0) is 16.4. The lowest BCUT2D eigenvalue weighted by Crippen LogP contribution is -2.32. The van der Waals surface area contributed by atoms with E-state index in [2.05, 4.69) is 4.90 Å². The van der Waals surface area contributed by atoms with Crippen molar-refractivity contribution in [2.75, 3.05) is 18.1 Å². The van der Waals surface area contributed by atoms with E-state index in [1.165, 1.54) is 5.56 Å². The van der Waals surface area contributed by atoms with Crippen LogP contribution in [0.3, 0.4) is 0 Å². The molecular formula is C19H21NO3. The molecule has 1 fully saturated rings. The fraction of sp³-hybridized carbons (Fsp3) is 0.316. The first kappa shape index (κ1) is 15.6. The number of nitrogens with zero attached hydrogens (tertiary/aromatic N) is 1. The van der Waals surface area contributed by atoms with Crippen LogP contribution in [0.4, 0.5) is 5.69 Å². The van der Waals surface area contributed by atoms with Crippen LogP contribution in [0.2, 0.25) is 0 Å². The number of rotatable bonds is 4. The normalized spacial score (nSPS) is 17.5. The monoisotopic (exact) mass is 311 g/mol. The van der Waals surface area contributed by atoms with Crippen molar-refractivity contribution in [1.29, 1.82) is 0 Å². The molecule has 4 heteroatoms. The number of benzene rings is 2. The molecule has 1 saturated heterocycles. The number of aryl methyl sites for hydroxylation is 1. The molecular weight excluding hydrogens is 290 g/mol. The van der Waals surface area contributed by atoms with Crippen LogP contribution in [0.5, 0.6) is 0 Å². The molecule has 2 aromatic rings. The number of hydrogen-bond acceptors (Lipinski definition) is 3. The third-order valence-corrected chi connectivity index (χ3v) is 4.47. The van der Waals surface area contributed by atoms with Crippen molar-refractivity contribution in [2.24, 2.45) is 0 Å². The van der Waals surface area contributed by atoms with Crippen LogP contribution >= 0.6 is 0 Å². The standard InChI is InChI=1S/C19H21NO3/c1-13-4-6-14(7-5-13)15-9-16(19(22)23)11-18(10-15)20-8-2-3-17(20)12-21/h4-7,9-11,17,21H,2-3,8,12H2,1H3,(H,22,23)/t17-/m0/s1. The minimum absolute atomic E-state index is 0.0740. The Bertz CT molecular complexity index is 709. The first-order valence-electron chi connectivity index (χ1n) is 7.91. The van der Waals surface area contributed by atoms with E-state index in [0.717, 1.165) is 36.2 Å². The highest BCUT2D eigenvalue weighted by atomic mass is 16.4. The molecule has 0 saturated carbocycles. The highest BCUT2D eigenvalue weighted by molar-refractivity contribution is 5.91. The highest BCUT2D eigenvalue weighted by Crippen LogP contribution is 2.31. The summed E-state index contributed by atoms with van der Waals surface area (Å²) in [5.74, 6) is -0.931. The number of anilines is 1. The predicted octanol–water partition coefficient (Wildman–Crippen LogP) is 3.32. The van der Waals surface area contributed by atoms with Gasteiger partial charge in [-0.1, -0.05) is 29.8 Å². The second kappa shape index (κ2) is 6.42. The van der Waals surface area contributed by atoms with Crippen molar-refractivity contribution in [3.63, 3.8) is 0 Å². The largest absolute Gasteiger partial charge is 0.478 e. The molecule has 0 aromatic heterocycles. The molecule has 2 aromatic carbocycles. The van der Waals surface area contributed by atoms with E-state index in [0.29, 0.717) is 0 Å². The van der Waals surface area contributed by atoms with Crippen molar-refractivity contribution in [2.45, 2.75) is 25.8 Å². The Hall–Kier alpha value is -2.33. The fourth-order valence-corrected chi connectivity index (χ4v) is 3.18. The zero-order valence-corrected chi connectivity index (χ0v) is 13.2. The molecule has 0 radical (unpaired) electrons. The van der Waals surface area contributed by atoms with Gasteiger partial charge in [-0.15, -0.1) is 0 Å². The van der Waals surface area contributed by atoms with E-state index in [4.69, 9.17) is 0 Å². The van der Waals surface area contributed by atoms with E-state index >= 15 is 0 Å². The number of aromatic carboxylic acids is 1. The minimum atomic E-state index is -0.931. The Morgan fingerprint density at radius 3 is 2.57 bits per heavy atom. The van der Waals surface area contributed by atoms with E-state index in [9.17, 15) is 15.0 Å². The minimum Gasteiger partial charge on any atom is -0.478 e. The molecule has 4 nitrogen and oxygen atoms in total. The van der Waals surface area contributed by atoms with Gasteiger partial charge in [0.05, 0.1) is 18.2 Å². The van der Waals surface area contributed by atoms with Crippen molar-refractivity contribution in [3.05, 3.63) is 53.6 Å². The van der Waals surface area contributed by atoms with Crippen molar-refractivity contribution >= 4 is 11.7 Å². The van der Waals surface area contributed by atoms with Crippen LogP contribution in [0.1, 0.15) is 28.8 Å². The molecule has 23 heavy (non-hydrogen) atoms. The zero-order valence-electron chi connectivity index (χ0n) is 13.2. The summed E-state index contributed by atoms with van der Waals surface area (Å²) in [4.78, 5) is 13.6. The molecule has 3 rings (SSSR count). The molecule has 0 amide bonds. The summed E-state index contributed by atoms with van der Waals surface area (Å²) in [6.45, 7) is 2.97. The van der Waals surface area contributed by atoms with Crippen molar-refractivity contribution in [1.82, 2.24) is 0 Å². The predicted molar refractivity (Wildman–Crippen MR) is 91.0 cm³/mol. The van der Waals surface area contributed by atoms with Crippen LogP contribution in [0.15, 0.2) is 42.5 Å². The summed E-state index contributed by atoms with van der Waals surface area (Å²) < 4.78 is 0. The molecule has 0 spiro atoms. The first-order chi connectivity index (χ1) is 11.1. The fourth-order valence-electron chi connectivity index (χ4n) is 3.18. The third kappa shape index (κ3) is 3.22. The lowest BCUT2D eigenvalue weighted by Gasteiger charge is -2.26. The smallest absolute Gasteiger partial charge is 0.335 e. The van der Waals surface area contributed by atoms with Gasteiger partial charge in [0.2, 0.25) is 0 Å². The summed E-state index contributed by atoms with van der Waals surface area (Å²) in [5.41, 5.74) is 4.21. The molecule has 0 bridgehead atoms. The van der Waals surface area contributed by atoms with Gasteiger partial charge in [-0.3, -0.25) is 0 Å². The van der Waals surface area contributed by atoms with Crippen molar-refractivity contribution < 1.29 is 15.0 Å². The Labute approximate surface area is 136 Å². The van der Waals surface area contributed by atoms with Gasteiger partial charge in [-0.25, -0.2) is 4.79 Å². The Kier molecular flexibility index (Phi) is 4.35. The number of carboxylic acids is 1. The van der Waals surface area contributed by atoms with Gasteiger partial charge < -0.3 is 15.1 Å². The number of carboxylic acid groups (broad SMARTS) is 1. The first-order valence-corrected chi connectivity index (χ1v) is 7.91. The van der Waals surface area contributed by atoms with Gasteiger partial charge in [0.25, 0.3) is 0 Å². The number of hydrogen-bond donors (Lipinski definition) is 2. The molecule has 1 aliphatic heterocycles. The molecule has 1 atom stereocenters. The van der Waals surface area contributed by atoms with Crippen LogP contribution in [0, 0.1) is 6.92 Å². The lowest BCUT2D eigenvalue weighted by molar-refractivity contribution is 0.0697. The van der Waals surface area contributed by atoms with E-state index < -0.39 is 5.97 Å². The Balaban J connectivity index is 2.06. The summed E-state index contributed by atoms with van der Waals surface area (Å²) >= 11 is 0. The number of carbonyl (C=O) groups is 1.